The predicted molar refractivity (Wildman–Crippen MR) is 45.3 cm³/mol. The third-order valence-corrected chi connectivity index (χ3v) is 1.88. The highest BCUT2D eigenvalue weighted by Gasteiger charge is 2.03. The molecule has 2 aromatic heterocycles. The molecule has 0 amide bonds. The van der Waals surface area contributed by atoms with Gasteiger partial charge >= 0.3 is 0 Å². The molecule has 62 valence electrons. The maximum Gasteiger partial charge on any atom is 0.291 e. The van der Waals surface area contributed by atoms with Crippen molar-refractivity contribution in [1.82, 2.24) is 9.97 Å². The Hall–Kier alpha value is -1.71. The van der Waals surface area contributed by atoms with Crippen molar-refractivity contribution in [3.05, 3.63) is 28.2 Å². The second-order valence-corrected chi connectivity index (χ2v) is 2.74. The van der Waals surface area contributed by atoms with E-state index in [1.165, 1.54) is 6.07 Å². The summed E-state index contributed by atoms with van der Waals surface area (Å²) in [6.07, 6.45) is 1.78. The van der Waals surface area contributed by atoms with Gasteiger partial charge in [-0.15, -0.1) is 0 Å². The van der Waals surface area contributed by atoms with E-state index in [1.807, 2.05) is 6.92 Å². The molecule has 4 heteroatoms. The lowest BCUT2D eigenvalue weighted by molar-refractivity contribution is 0.468. The van der Waals surface area contributed by atoms with Crippen LogP contribution in [-0.2, 0) is 0 Å². The van der Waals surface area contributed by atoms with Crippen LogP contribution in [0.1, 0.15) is 5.56 Å². The van der Waals surface area contributed by atoms with Gasteiger partial charge in [-0.05, 0) is 18.6 Å². The van der Waals surface area contributed by atoms with Gasteiger partial charge in [0.1, 0.15) is 5.65 Å². The molecule has 4 nitrogen and oxygen atoms in total. The molecule has 0 saturated carbocycles. The molecule has 0 aliphatic heterocycles. The Morgan fingerprint density at radius 2 is 2.25 bits per heavy atom. The topological polar surface area (TPSA) is 68.9 Å². The van der Waals surface area contributed by atoms with E-state index < -0.39 is 5.56 Å². The molecule has 3 N–H and O–H groups in total. The number of H-pyrrole nitrogens is 2. The summed E-state index contributed by atoms with van der Waals surface area (Å²) in [5.41, 5.74) is 1.18. The number of hydrogen-bond acceptors (Lipinski definition) is 2. The summed E-state index contributed by atoms with van der Waals surface area (Å²) < 4.78 is 0. The van der Waals surface area contributed by atoms with Gasteiger partial charge in [0.05, 0.1) is 0 Å². The van der Waals surface area contributed by atoms with E-state index in [2.05, 4.69) is 9.97 Å². The monoisotopic (exact) mass is 164 g/mol. The fourth-order valence-corrected chi connectivity index (χ4v) is 1.20. The molecular formula is C8H8N2O2. The predicted octanol–water partition coefficient (Wildman–Crippen LogP) is 0.870. The second-order valence-electron chi connectivity index (χ2n) is 2.74. The van der Waals surface area contributed by atoms with Gasteiger partial charge in [0.15, 0.2) is 5.75 Å². The van der Waals surface area contributed by atoms with E-state index in [4.69, 9.17) is 5.11 Å². The quantitative estimate of drug-likeness (QED) is 0.540. The van der Waals surface area contributed by atoms with Crippen LogP contribution in [0.3, 0.4) is 0 Å². The van der Waals surface area contributed by atoms with Crippen molar-refractivity contribution in [3.63, 3.8) is 0 Å². The fourth-order valence-electron chi connectivity index (χ4n) is 1.20. The van der Waals surface area contributed by atoms with Gasteiger partial charge in [-0.1, -0.05) is 0 Å². The van der Waals surface area contributed by atoms with Crippen LogP contribution < -0.4 is 5.56 Å². The van der Waals surface area contributed by atoms with Gasteiger partial charge in [0, 0.05) is 11.6 Å². The normalized spacial score (nSPS) is 10.8. The zero-order valence-electron chi connectivity index (χ0n) is 6.51. The van der Waals surface area contributed by atoms with Gasteiger partial charge in [-0.2, -0.15) is 0 Å². The largest absolute Gasteiger partial charge is 0.503 e. The van der Waals surface area contributed by atoms with Crippen LogP contribution in [0.2, 0.25) is 0 Å². The van der Waals surface area contributed by atoms with Crippen molar-refractivity contribution in [2.24, 2.45) is 0 Å². The SMILES string of the molecule is Cc1c[nH]c2[nH]c(=O)c(O)cc12. The lowest BCUT2D eigenvalue weighted by Crippen LogP contribution is -2.03. The van der Waals surface area contributed by atoms with Crippen LogP contribution in [0.15, 0.2) is 17.1 Å². The standard InChI is InChI=1S/C8H8N2O2/c1-4-3-9-7-5(4)2-6(11)8(12)10-7/h2-3,11H,1H3,(H2,9,10,12). The molecule has 0 fully saturated rings. The van der Waals surface area contributed by atoms with Crippen LogP contribution in [0.25, 0.3) is 11.0 Å². The van der Waals surface area contributed by atoms with Gasteiger partial charge in [-0.3, -0.25) is 4.79 Å². The lowest BCUT2D eigenvalue weighted by Gasteiger charge is -1.92. The van der Waals surface area contributed by atoms with E-state index in [0.717, 1.165) is 10.9 Å². The fraction of sp³-hybridized carbons (Fsp3) is 0.125. The molecule has 0 radical (unpaired) electrons. The average Bonchev–Trinajstić information content (AvgIpc) is 2.35. The number of aromatic amines is 2. The van der Waals surface area contributed by atoms with Gasteiger partial charge < -0.3 is 15.1 Å². The minimum Gasteiger partial charge on any atom is -0.503 e. The molecule has 0 atom stereocenters. The first kappa shape index (κ1) is 6.97. The lowest BCUT2D eigenvalue weighted by atomic mass is 10.2. The average molecular weight is 164 g/mol. The van der Waals surface area contributed by atoms with Crippen molar-refractivity contribution in [3.8, 4) is 5.75 Å². The number of fused-ring (bicyclic) bond motifs is 1. The Morgan fingerprint density at radius 3 is 3.00 bits per heavy atom. The highest BCUT2D eigenvalue weighted by Crippen LogP contribution is 2.16. The van der Waals surface area contributed by atoms with Crippen molar-refractivity contribution < 1.29 is 5.11 Å². The molecule has 0 aliphatic rings. The molecule has 0 unspecified atom stereocenters. The molecule has 12 heavy (non-hydrogen) atoms. The first-order valence-electron chi connectivity index (χ1n) is 3.58. The molecular weight excluding hydrogens is 156 g/mol. The van der Waals surface area contributed by atoms with Crippen LogP contribution in [0.5, 0.6) is 5.75 Å². The minimum atomic E-state index is -0.468. The Balaban J connectivity index is 2.97. The highest BCUT2D eigenvalue weighted by atomic mass is 16.3. The summed E-state index contributed by atoms with van der Waals surface area (Å²) in [7, 11) is 0. The van der Waals surface area contributed by atoms with Crippen LogP contribution in [-0.4, -0.2) is 15.1 Å². The van der Waals surface area contributed by atoms with E-state index in [0.29, 0.717) is 5.65 Å². The third-order valence-electron chi connectivity index (χ3n) is 1.88. The molecule has 2 heterocycles. The van der Waals surface area contributed by atoms with Crippen LogP contribution >= 0.6 is 0 Å². The first-order valence-corrected chi connectivity index (χ1v) is 3.58. The summed E-state index contributed by atoms with van der Waals surface area (Å²) in [5, 5.41) is 9.94. The number of pyridine rings is 1. The molecule has 0 bridgehead atoms. The van der Waals surface area contributed by atoms with Crippen molar-refractivity contribution in [2.45, 2.75) is 6.92 Å². The maximum absolute atomic E-state index is 10.9. The minimum absolute atomic E-state index is 0.245. The molecule has 0 saturated heterocycles. The summed E-state index contributed by atoms with van der Waals surface area (Å²) in [6, 6.07) is 1.46. The number of nitrogens with one attached hydrogen (secondary N) is 2. The number of aryl methyl sites for hydroxylation is 1. The van der Waals surface area contributed by atoms with E-state index in [-0.39, 0.29) is 5.75 Å². The Labute approximate surface area is 67.9 Å². The zero-order chi connectivity index (χ0) is 8.72. The van der Waals surface area contributed by atoms with E-state index in [9.17, 15) is 4.79 Å². The number of rotatable bonds is 0. The summed E-state index contributed by atoms with van der Waals surface area (Å²) in [5.74, 6) is -0.245. The third kappa shape index (κ3) is 0.812. The Bertz CT molecular complexity index is 481. The van der Waals surface area contributed by atoms with Crippen LogP contribution in [0.4, 0.5) is 0 Å². The molecule has 0 spiro atoms. The van der Waals surface area contributed by atoms with Gasteiger partial charge in [0.25, 0.3) is 5.56 Å². The summed E-state index contributed by atoms with van der Waals surface area (Å²) in [6.45, 7) is 1.90. The molecule has 2 rings (SSSR count). The zero-order valence-corrected chi connectivity index (χ0v) is 6.51. The van der Waals surface area contributed by atoms with Crippen molar-refractivity contribution in [1.29, 1.82) is 0 Å². The van der Waals surface area contributed by atoms with Gasteiger partial charge in [-0.25, -0.2) is 0 Å². The van der Waals surface area contributed by atoms with Crippen LogP contribution in [0, 0.1) is 6.92 Å². The van der Waals surface area contributed by atoms with E-state index in [1.54, 1.807) is 6.20 Å². The van der Waals surface area contributed by atoms with Crippen molar-refractivity contribution in [2.75, 3.05) is 0 Å². The molecule has 2 aromatic rings. The highest BCUT2D eigenvalue weighted by molar-refractivity contribution is 5.80. The van der Waals surface area contributed by atoms with E-state index >= 15 is 0 Å². The van der Waals surface area contributed by atoms with Crippen molar-refractivity contribution >= 4 is 11.0 Å². The summed E-state index contributed by atoms with van der Waals surface area (Å²) >= 11 is 0. The van der Waals surface area contributed by atoms with Gasteiger partial charge in [0.2, 0.25) is 0 Å². The first-order chi connectivity index (χ1) is 5.68. The smallest absolute Gasteiger partial charge is 0.291 e. The Morgan fingerprint density at radius 1 is 1.50 bits per heavy atom. The number of hydrogen-bond donors (Lipinski definition) is 3. The maximum atomic E-state index is 10.9. The molecule has 0 aliphatic carbocycles. The molecule has 0 aromatic carbocycles. The second kappa shape index (κ2) is 2.14. The summed E-state index contributed by atoms with van der Waals surface area (Å²) in [4.78, 5) is 16.3. The number of aromatic nitrogens is 2. The Kier molecular flexibility index (Phi) is 1.24. The number of aromatic hydroxyl groups is 1.